The first kappa shape index (κ1) is 12.8. The summed E-state index contributed by atoms with van der Waals surface area (Å²) in [7, 11) is 0. The van der Waals surface area contributed by atoms with Crippen LogP contribution in [0.4, 0.5) is 14.5 Å². The molecule has 98 valence electrons. The zero-order chi connectivity index (χ0) is 13.1. The van der Waals surface area contributed by atoms with Crippen molar-refractivity contribution in [1.29, 1.82) is 0 Å². The lowest BCUT2D eigenvalue weighted by Crippen LogP contribution is -2.29. The second-order valence-electron chi connectivity index (χ2n) is 4.67. The fraction of sp³-hybridized carbons (Fsp3) is 0.462. The predicted molar refractivity (Wildman–Crippen MR) is 65.1 cm³/mol. The topological polar surface area (TPSA) is 55.1 Å². The summed E-state index contributed by atoms with van der Waals surface area (Å²) in [4.78, 5) is 11.7. The van der Waals surface area contributed by atoms with E-state index in [0.29, 0.717) is 12.5 Å². The van der Waals surface area contributed by atoms with Crippen LogP contribution < -0.4 is 11.1 Å². The van der Waals surface area contributed by atoms with Crippen LogP contribution >= 0.6 is 0 Å². The highest BCUT2D eigenvalue weighted by molar-refractivity contribution is 5.95. The summed E-state index contributed by atoms with van der Waals surface area (Å²) in [5, 5.41) is 2.53. The van der Waals surface area contributed by atoms with Crippen LogP contribution in [0.1, 0.15) is 36.0 Å². The maximum Gasteiger partial charge on any atom is 0.257 e. The smallest absolute Gasteiger partial charge is 0.257 e. The monoisotopic (exact) mass is 254 g/mol. The number of amides is 1. The fourth-order valence-corrected chi connectivity index (χ4v) is 2.04. The van der Waals surface area contributed by atoms with Crippen molar-refractivity contribution in [2.75, 3.05) is 12.3 Å². The number of hydrogen-bond acceptors (Lipinski definition) is 2. The van der Waals surface area contributed by atoms with Crippen LogP contribution in [0.5, 0.6) is 0 Å². The standard InChI is InChI=1S/C13H16F2N2O/c14-9-4-5-10(16)12(15)11(9)13(18)17-7-6-8-2-1-3-8/h4-5,8H,1-3,6-7,16H2,(H,17,18). The molecule has 0 aliphatic heterocycles. The molecule has 0 heterocycles. The molecular weight excluding hydrogens is 238 g/mol. The molecule has 1 aromatic carbocycles. The molecule has 1 aliphatic rings. The van der Waals surface area contributed by atoms with E-state index in [-0.39, 0.29) is 5.69 Å². The number of anilines is 1. The van der Waals surface area contributed by atoms with Crippen LogP contribution in [0, 0.1) is 17.6 Å². The lowest BCUT2D eigenvalue weighted by Gasteiger charge is -2.25. The molecule has 3 N–H and O–H groups in total. The van der Waals surface area contributed by atoms with Gasteiger partial charge in [-0.05, 0) is 24.5 Å². The summed E-state index contributed by atoms with van der Waals surface area (Å²) < 4.78 is 26.9. The van der Waals surface area contributed by atoms with E-state index in [1.807, 2.05) is 0 Å². The summed E-state index contributed by atoms with van der Waals surface area (Å²) >= 11 is 0. The average Bonchev–Trinajstić information content (AvgIpc) is 2.27. The summed E-state index contributed by atoms with van der Waals surface area (Å²) in [6.45, 7) is 0.442. The number of hydrogen-bond donors (Lipinski definition) is 2. The van der Waals surface area contributed by atoms with Crippen LogP contribution in [0.15, 0.2) is 12.1 Å². The van der Waals surface area contributed by atoms with Crippen molar-refractivity contribution in [1.82, 2.24) is 5.32 Å². The molecule has 0 bridgehead atoms. The van der Waals surface area contributed by atoms with Crippen LogP contribution in [0.2, 0.25) is 0 Å². The molecule has 0 atom stereocenters. The van der Waals surface area contributed by atoms with E-state index in [1.54, 1.807) is 0 Å². The molecule has 2 rings (SSSR count). The van der Waals surface area contributed by atoms with Crippen molar-refractivity contribution in [3.8, 4) is 0 Å². The molecule has 1 aromatic rings. The zero-order valence-electron chi connectivity index (χ0n) is 10.0. The highest BCUT2D eigenvalue weighted by Crippen LogP contribution is 2.28. The maximum atomic E-state index is 13.6. The number of rotatable bonds is 4. The molecule has 1 fully saturated rings. The van der Waals surface area contributed by atoms with Gasteiger partial charge in [0.15, 0.2) is 5.82 Å². The molecule has 0 aromatic heterocycles. The van der Waals surface area contributed by atoms with Gasteiger partial charge in [0.05, 0.1) is 5.69 Å². The van der Waals surface area contributed by atoms with E-state index >= 15 is 0 Å². The van der Waals surface area contributed by atoms with Gasteiger partial charge in [0.25, 0.3) is 5.91 Å². The predicted octanol–water partition coefficient (Wildman–Crippen LogP) is 2.47. The van der Waals surface area contributed by atoms with Gasteiger partial charge in [0.2, 0.25) is 0 Å². The van der Waals surface area contributed by atoms with Gasteiger partial charge in [-0.15, -0.1) is 0 Å². The third-order valence-corrected chi connectivity index (χ3v) is 3.41. The molecule has 0 unspecified atom stereocenters. The second-order valence-corrected chi connectivity index (χ2v) is 4.67. The van der Waals surface area contributed by atoms with Gasteiger partial charge >= 0.3 is 0 Å². The number of nitrogens with one attached hydrogen (secondary N) is 1. The van der Waals surface area contributed by atoms with Gasteiger partial charge in [-0.25, -0.2) is 8.78 Å². The fourth-order valence-electron chi connectivity index (χ4n) is 2.04. The van der Waals surface area contributed by atoms with Crippen LogP contribution in [-0.4, -0.2) is 12.5 Å². The Bertz CT molecular complexity index is 459. The zero-order valence-corrected chi connectivity index (χ0v) is 10.0. The number of carbonyl (C=O) groups excluding carboxylic acids is 1. The van der Waals surface area contributed by atoms with Gasteiger partial charge in [-0.2, -0.15) is 0 Å². The van der Waals surface area contributed by atoms with E-state index in [4.69, 9.17) is 5.73 Å². The van der Waals surface area contributed by atoms with E-state index in [9.17, 15) is 13.6 Å². The lowest BCUT2D eigenvalue weighted by molar-refractivity contribution is 0.0940. The third-order valence-electron chi connectivity index (χ3n) is 3.41. The Hall–Kier alpha value is -1.65. The maximum absolute atomic E-state index is 13.6. The van der Waals surface area contributed by atoms with E-state index in [0.717, 1.165) is 18.6 Å². The first-order valence-corrected chi connectivity index (χ1v) is 6.11. The number of nitrogens with two attached hydrogens (primary N) is 1. The molecule has 18 heavy (non-hydrogen) atoms. The number of halogens is 2. The van der Waals surface area contributed by atoms with Crippen molar-refractivity contribution in [3.63, 3.8) is 0 Å². The highest BCUT2D eigenvalue weighted by atomic mass is 19.1. The highest BCUT2D eigenvalue weighted by Gasteiger charge is 2.21. The van der Waals surface area contributed by atoms with Crippen LogP contribution in [-0.2, 0) is 0 Å². The van der Waals surface area contributed by atoms with Crippen molar-refractivity contribution in [3.05, 3.63) is 29.3 Å². The van der Waals surface area contributed by atoms with Crippen molar-refractivity contribution in [2.24, 2.45) is 5.92 Å². The molecule has 0 spiro atoms. The summed E-state index contributed by atoms with van der Waals surface area (Å²) in [5.41, 5.74) is 4.50. The SMILES string of the molecule is Nc1ccc(F)c(C(=O)NCCC2CCC2)c1F. The van der Waals surface area contributed by atoms with Crippen molar-refractivity contribution in [2.45, 2.75) is 25.7 Å². The number of carbonyl (C=O) groups is 1. The normalized spacial score (nSPS) is 15.2. The summed E-state index contributed by atoms with van der Waals surface area (Å²) in [6, 6.07) is 2.11. The van der Waals surface area contributed by atoms with E-state index in [1.165, 1.54) is 19.3 Å². The van der Waals surface area contributed by atoms with Crippen molar-refractivity contribution < 1.29 is 13.6 Å². The molecule has 1 saturated carbocycles. The first-order valence-electron chi connectivity index (χ1n) is 6.11. The minimum Gasteiger partial charge on any atom is -0.396 e. The molecule has 1 aliphatic carbocycles. The third kappa shape index (κ3) is 2.60. The Morgan fingerprint density at radius 2 is 2.11 bits per heavy atom. The van der Waals surface area contributed by atoms with Gasteiger partial charge in [0, 0.05) is 6.54 Å². The second kappa shape index (κ2) is 5.33. The average molecular weight is 254 g/mol. The van der Waals surface area contributed by atoms with E-state index in [2.05, 4.69) is 5.32 Å². The Balaban J connectivity index is 1.97. The largest absolute Gasteiger partial charge is 0.396 e. The minimum atomic E-state index is -0.990. The molecule has 0 saturated heterocycles. The van der Waals surface area contributed by atoms with Crippen LogP contribution in [0.25, 0.3) is 0 Å². The Morgan fingerprint density at radius 3 is 2.72 bits per heavy atom. The van der Waals surface area contributed by atoms with Gasteiger partial charge in [0.1, 0.15) is 11.4 Å². The molecule has 1 amide bonds. The summed E-state index contributed by atoms with van der Waals surface area (Å²) in [5.74, 6) is -1.98. The Morgan fingerprint density at radius 1 is 1.39 bits per heavy atom. The molecule has 3 nitrogen and oxygen atoms in total. The first-order chi connectivity index (χ1) is 8.59. The lowest BCUT2D eigenvalue weighted by atomic mass is 9.83. The molecule has 0 radical (unpaired) electrons. The van der Waals surface area contributed by atoms with Gasteiger partial charge < -0.3 is 11.1 Å². The minimum absolute atomic E-state index is 0.222. The Kier molecular flexibility index (Phi) is 3.79. The summed E-state index contributed by atoms with van der Waals surface area (Å²) in [6.07, 6.45) is 4.45. The van der Waals surface area contributed by atoms with Crippen LogP contribution in [0.3, 0.4) is 0 Å². The van der Waals surface area contributed by atoms with Gasteiger partial charge in [-0.1, -0.05) is 19.3 Å². The number of nitrogen functional groups attached to an aromatic ring is 1. The quantitative estimate of drug-likeness (QED) is 0.811. The van der Waals surface area contributed by atoms with Gasteiger partial charge in [-0.3, -0.25) is 4.79 Å². The van der Waals surface area contributed by atoms with E-state index < -0.39 is 23.1 Å². The molecular formula is C13H16F2N2O. The van der Waals surface area contributed by atoms with Crippen molar-refractivity contribution >= 4 is 11.6 Å². The number of benzene rings is 1. The molecule has 5 heteroatoms. The Labute approximate surface area is 104 Å².